The SMILES string of the molecule is COc1ccc(CC(NN)c2cccnc2)cc1F. The minimum atomic E-state index is -0.373. The molecule has 1 atom stereocenters. The first kappa shape index (κ1) is 13.5. The third-order valence-electron chi connectivity index (χ3n) is 2.94. The van der Waals surface area contributed by atoms with Gasteiger partial charge in [0.05, 0.1) is 13.2 Å². The third kappa shape index (κ3) is 3.27. The minimum Gasteiger partial charge on any atom is -0.494 e. The van der Waals surface area contributed by atoms with Crippen LogP contribution in [0.4, 0.5) is 4.39 Å². The molecule has 100 valence electrons. The van der Waals surface area contributed by atoms with Gasteiger partial charge in [-0.3, -0.25) is 16.3 Å². The van der Waals surface area contributed by atoms with Crippen molar-refractivity contribution in [2.24, 2.45) is 5.84 Å². The third-order valence-corrected chi connectivity index (χ3v) is 2.94. The quantitative estimate of drug-likeness (QED) is 0.638. The molecule has 4 nitrogen and oxygen atoms in total. The molecule has 1 aromatic heterocycles. The molecule has 0 radical (unpaired) electrons. The summed E-state index contributed by atoms with van der Waals surface area (Å²) in [7, 11) is 1.44. The van der Waals surface area contributed by atoms with Gasteiger partial charge in [-0.2, -0.15) is 0 Å². The number of nitrogens with one attached hydrogen (secondary N) is 1. The largest absolute Gasteiger partial charge is 0.494 e. The van der Waals surface area contributed by atoms with Crippen LogP contribution in [-0.4, -0.2) is 12.1 Å². The van der Waals surface area contributed by atoms with E-state index in [1.54, 1.807) is 18.5 Å². The maximum atomic E-state index is 13.6. The van der Waals surface area contributed by atoms with E-state index in [4.69, 9.17) is 10.6 Å². The molecule has 3 N–H and O–H groups in total. The number of nitrogens with zero attached hydrogens (tertiary/aromatic N) is 1. The second-order valence-electron chi connectivity index (χ2n) is 4.18. The lowest BCUT2D eigenvalue weighted by atomic mass is 10.0. The van der Waals surface area contributed by atoms with Gasteiger partial charge < -0.3 is 4.74 Å². The fourth-order valence-corrected chi connectivity index (χ4v) is 1.93. The number of benzene rings is 1. The van der Waals surface area contributed by atoms with E-state index in [2.05, 4.69) is 10.4 Å². The first-order valence-corrected chi connectivity index (χ1v) is 5.93. The number of methoxy groups -OCH3 is 1. The van der Waals surface area contributed by atoms with Gasteiger partial charge in [-0.25, -0.2) is 4.39 Å². The van der Waals surface area contributed by atoms with E-state index in [-0.39, 0.29) is 17.6 Å². The lowest BCUT2D eigenvalue weighted by Crippen LogP contribution is -2.29. The molecule has 0 amide bonds. The second kappa shape index (κ2) is 6.26. The number of hydrogen-bond acceptors (Lipinski definition) is 4. The summed E-state index contributed by atoms with van der Waals surface area (Å²) in [6.45, 7) is 0. The molecule has 1 unspecified atom stereocenters. The summed E-state index contributed by atoms with van der Waals surface area (Å²) in [6, 6.07) is 8.55. The van der Waals surface area contributed by atoms with Gasteiger partial charge in [0.1, 0.15) is 0 Å². The molecule has 0 spiro atoms. The van der Waals surface area contributed by atoms with Crippen LogP contribution < -0.4 is 16.0 Å². The van der Waals surface area contributed by atoms with Crippen molar-refractivity contribution in [3.63, 3.8) is 0 Å². The first-order valence-electron chi connectivity index (χ1n) is 5.93. The molecule has 2 rings (SSSR count). The smallest absolute Gasteiger partial charge is 0.165 e. The van der Waals surface area contributed by atoms with Gasteiger partial charge in [0.15, 0.2) is 11.6 Å². The van der Waals surface area contributed by atoms with Gasteiger partial charge in [0, 0.05) is 12.4 Å². The van der Waals surface area contributed by atoms with E-state index in [9.17, 15) is 4.39 Å². The van der Waals surface area contributed by atoms with Crippen molar-refractivity contribution in [3.8, 4) is 5.75 Å². The average Bonchev–Trinajstić information content (AvgIpc) is 2.46. The predicted octanol–water partition coefficient (Wildman–Crippen LogP) is 1.98. The van der Waals surface area contributed by atoms with E-state index in [0.717, 1.165) is 11.1 Å². The van der Waals surface area contributed by atoms with Crippen LogP contribution in [0.3, 0.4) is 0 Å². The normalized spacial score (nSPS) is 12.2. The molecular formula is C14H16FN3O. The zero-order chi connectivity index (χ0) is 13.7. The number of rotatable bonds is 5. The summed E-state index contributed by atoms with van der Waals surface area (Å²) < 4.78 is 18.5. The Morgan fingerprint density at radius 2 is 2.26 bits per heavy atom. The topological polar surface area (TPSA) is 60.2 Å². The van der Waals surface area contributed by atoms with Crippen LogP contribution in [0.25, 0.3) is 0 Å². The van der Waals surface area contributed by atoms with E-state index in [1.165, 1.54) is 13.2 Å². The Morgan fingerprint density at radius 1 is 1.42 bits per heavy atom. The van der Waals surface area contributed by atoms with Crippen LogP contribution in [0.1, 0.15) is 17.2 Å². The Labute approximate surface area is 111 Å². The summed E-state index contributed by atoms with van der Waals surface area (Å²) in [5.74, 6) is 5.42. The fraction of sp³-hybridized carbons (Fsp3) is 0.214. The number of pyridine rings is 1. The van der Waals surface area contributed by atoms with Crippen LogP contribution in [0.5, 0.6) is 5.75 Å². The van der Waals surface area contributed by atoms with Crippen molar-refractivity contribution >= 4 is 0 Å². The van der Waals surface area contributed by atoms with Crippen LogP contribution in [-0.2, 0) is 6.42 Å². The van der Waals surface area contributed by atoms with Gasteiger partial charge in [0.25, 0.3) is 0 Å². The highest BCUT2D eigenvalue weighted by molar-refractivity contribution is 5.30. The average molecular weight is 261 g/mol. The molecule has 0 aliphatic rings. The van der Waals surface area contributed by atoms with E-state index >= 15 is 0 Å². The van der Waals surface area contributed by atoms with Gasteiger partial charge in [0.2, 0.25) is 0 Å². The highest BCUT2D eigenvalue weighted by Crippen LogP contribution is 2.22. The Hall–Kier alpha value is -1.98. The molecule has 19 heavy (non-hydrogen) atoms. The van der Waals surface area contributed by atoms with Crippen molar-refractivity contribution in [3.05, 3.63) is 59.7 Å². The van der Waals surface area contributed by atoms with Gasteiger partial charge >= 0.3 is 0 Å². The molecule has 0 aliphatic carbocycles. The summed E-state index contributed by atoms with van der Waals surface area (Å²) in [4.78, 5) is 4.05. The number of hydrogen-bond donors (Lipinski definition) is 2. The fourth-order valence-electron chi connectivity index (χ4n) is 1.93. The van der Waals surface area contributed by atoms with Crippen molar-refractivity contribution in [1.82, 2.24) is 10.4 Å². The molecule has 1 aromatic carbocycles. The minimum absolute atomic E-state index is 0.110. The van der Waals surface area contributed by atoms with Crippen LogP contribution >= 0.6 is 0 Å². The van der Waals surface area contributed by atoms with Crippen molar-refractivity contribution in [2.45, 2.75) is 12.5 Å². The molecule has 0 saturated heterocycles. The Bertz CT molecular complexity index is 533. The van der Waals surface area contributed by atoms with Crippen LogP contribution in [0, 0.1) is 5.82 Å². The number of ether oxygens (including phenoxy) is 1. The van der Waals surface area contributed by atoms with Gasteiger partial charge in [-0.05, 0) is 35.7 Å². The maximum absolute atomic E-state index is 13.6. The van der Waals surface area contributed by atoms with Crippen LogP contribution in [0.2, 0.25) is 0 Å². The molecule has 0 fully saturated rings. The van der Waals surface area contributed by atoms with E-state index in [1.807, 2.05) is 18.2 Å². The van der Waals surface area contributed by atoms with Gasteiger partial charge in [-0.1, -0.05) is 12.1 Å². The van der Waals surface area contributed by atoms with E-state index in [0.29, 0.717) is 6.42 Å². The molecule has 2 aromatic rings. The zero-order valence-corrected chi connectivity index (χ0v) is 10.6. The lowest BCUT2D eigenvalue weighted by molar-refractivity contribution is 0.386. The lowest BCUT2D eigenvalue weighted by Gasteiger charge is -2.16. The summed E-state index contributed by atoms with van der Waals surface area (Å²) in [6.07, 6.45) is 4.01. The summed E-state index contributed by atoms with van der Waals surface area (Å²) >= 11 is 0. The number of halogens is 1. The van der Waals surface area contributed by atoms with E-state index < -0.39 is 0 Å². The standard InChI is InChI=1S/C14H16FN3O/c1-19-14-5-4-10(7-12(14)15)8-13(18-16)11-3-2-6-17-9-11/h2-7,9,13,18H,8,16H2,1H3. The highest BCUT2D eigenvalue weighted by Gasteiger charge is 2.12. The van der Waals surface area contributed by atoms with Crippen molar-refractivity contribution < 1.29 is 9.13 Å². The van der Waals surface area contributed by atoms with Gasteiger partial charge in [-0.15, -0.1) is 0 Å². The Balaban J connectivity index is 2.17. The zero-order valence-electron chi connectivity index (χ0n) is 10.6. The van der Waals surface area contributed by atoms with Crippen molar-refractivity contribution in [1.29, 1.82) is 0 Å². The summed E-state index contributed by atoms with van der Waals surface area (Å²) in [5, 5.41) is 0. The molecule has 1 heterocycles. The number of nitrogens with two attached hydrogens (primary N) is 1. The molecular weight excluding hydrogens is 245 g/mol. The highest BCUT2D eigenvalue weighted by atomic mass is 19.1. The Morgan fingerprint density at radius 3 is 2.84 bits per heavy atom. The maximum Gasteiger partial charge on any atom is 0.165 e. The number of aromatic nitrogens is 1. The Kier molecular flexibility index (Phi) is 4.43. The summed E-state index contributed by atoms with van der Waals surface area (Å²) in [5.41, 5.74) is 4.52. The monoisotopic (exact) mass is 261 g/mol. The second-order valence-corrected chi connectivity index (χ2v) is 4.18. The predicted molar refractivity (Wildman–Crippen MR) is 71.0 cm³/mol. The molecule has 0 bridgehead atoms. The molecule has 5 heteroatoms. The van der Waals surface area contributed by atoms with Crippen molar-refractivity contribution in [2.75, 3.05) is 7.11 Å². The molecule has 0 saturated carbocycles. The first-order chi connectivity index (χ1) is 9.24. The van der Waals surface area contributed by atoms with Crippen LogP contribution in [0.15, 0.2) is 42.7 Å². The molecule has 0 aliphatic heterocycles. The number of hydrazine groups is 1.